The van der Waals surface area contributed by atoms with Gasteiger partial charge in [0.2, 0.25) is 5.91 Å². The number of rotatable bonds is 9. The van der Waals surface area contributed by atoms with Crippen LogP contribution in [0.25, 0.3) is 0 Å². The molecular formula is C23H23FN2O2. The minimum absolute atomic E-state index is 0.209. The predicted octanol–water partition coefficient (Wildman–Crippen LogP) is 3.84. The van der Waals surface area contributed by atoms with E-state index in [0.29, 0.717) is 12.2 Å². The Kier molecular flexibility index (Phi) is 6.76. The van der Waals surface area contributed by atoms with Gasteiger partial charge in [0.05, 0.1) is 0 Å². The van der Waals surface area contributed by atoms with Gasteiger partial charge in [-0.3, -0.25) is 4.79 Å². The summed E-state index contributed by atoms with van der Waals surface area (Å²) in [6.45, 7) is 1.94. The second-order valence-corrected chi connectivity index (χ2v) is 6.55. The molecule has 0 radical (unpaired) electrons. The van der Waals surface area contributed by atoms with Crippen molar-refractivity contribution in [2.75, 3.05) is 6.54 Å². The Morgan fingerprint density at radius 3 is 2.36 bits per heavy atom. The van der Waals surface area contributed by atoms with Crippen molar-refractivity contribution < 1.29 is 13.9 Å². The fourth-order valence-electron chi connectivity index (χ4n) is 2.80. The number of halogens is 1. The molecule has 0 aliphatic rings. The maximum absolute atomic E-state index is 12.9. The van der Waals surface area contributed by atoms with E-state index < -0.39 is 5.91 Å². The lowest BCUT2D eigenvalue weighted by molar-refractivity contribution is 0.1000. The van der Waals surface area contributed by atoms with Gasteiger partial charge in [-0.1, -0.05) is 36.4 Å². The van der Waals surface area contributed by atoms with Crippen molar-refractivity contribution in [3.63, 3.8) is 0 Å². The smallest absolute Gasteiger partial charge is 0.248 e. The molecule has 1 amide bonds. The maximum atomic E-state index is 12.9. The molecule has 28 heavy (non-hydrogen) atoms. The third-order valence-electron chi connectivity index (χ3n) is 4.37. The Hall–Kier alpha value is -3.18. The SMILES string of the molecule is NC(=O)c1cccc(COc2ccc(CNCCc3ccc(F)cc3)cc2)c1. The Bertz CT molecular complexity index is 909. The monoisotopic (exact) mass is 378 g/mol. The average molecular weight is 378 g/mol. The minimum Gasteiger partial charge on any atom is -0.489 e. The van der Waals surface area contributed by atoms with Gasteiger partial charge in [0.25, 0.3) is 0 Å². The predicted molar refractivity (Wildman–Crippen MR) is 108 cm³/mol. The fraction of sp³-hybridized carbons (Fsp3) is 0.174. The molecular weight excluding hydrogens is 355 g/mol. The van der Waals surface area contributed by atoms with E-state index in [0.717, 1.165) is 42.0 Å². The van der Waals surface area contributed by atoms with Gasteiger partial charge in [-0.25, -0.2) is 4.39 Å². The normalized spacial score (nSPS) is 10.6. The Morgan fingerprint density at radius 2 is 1.64 bits per heavy atom. The zero-order valence-corrected chi connectivity index (χ0v) is 15.5. The van der Waals surface area contributed by atoms with Gasteiger partial charge in [0.1, 0.15) is 18.2 Å². The molecule has 3 aromatic carbocycles. The standard InChI is InChI=1S/C23H23FN2O2/c24-21-8-4-17(5-9-21)12-13-26-15-18-6-10-22(11-7-18)28-16-19-2-1-3-20(14-19)23(25)27/h1-11,14,26H,12-13,15-16H2,(H2,25,27). The van der Waals surface area contributed by atoms with E-state index in [2.05, 4.69) is 5.32 Å². The molecule has 3 aromatic rings. The van der Waals surface area contributed by atoms with Crippen LogP contribution in [0.4, 0.5) is 4.39 Å². The van der Waals surface area contributed by atoms with Crippen LogP contribution in [0.2, 0.25) is 0 Å². The van der Waals surface area contributed by atoms with Gasteiger partial charge in [-0.05, 0) is 66.1 Å². The fourth-order valence-corrected chi connectivity index (χ4v) is 2.80. The van der Waals surface area contributed by atoms with Crippen LogP contribution in [0.1, 0.15) is 27.0 Å². The molecule has 3 N–H and O–H groups in total. The first-order valence-electron chi connectivity index (χ1n) is 9.16. The summed E-state index contributed by atoms with van der Waals surface area (Å²) < 4.78 is 18.7. The number of nitrogens with two attached hydrogens (primary N) is 1. The van der Waals surface area contributed by atoms with E-state index in [1.807, 2.05) is 42.5 Å². The van der Waals surface area contributed by atoms with Crippen LogP contribution in [0, 0.1) is 5.82 Å². The van der Waals surface area contributed by atoms with Crippen molar-refractivity contribution in [3.05, 3.63) is 101 Å². The molecule has 0 spiro atoms. The first kappa shape index (κ1) is 19.6. The number of benzene rings is 3. The molecule has 0 unspecified atom stereocenters. The third kappa shape index (κ3) is 5.93. The molecule has 0 heterocycles. The number of hydrogen-bond donors (Lipinski definition) is 2. The summed E-state index contributed by atoms with van der Waals surface area (Å²) in [5.74, 6) is 0.109. The lowest BCUT2D eigenvalue weighted by atomic mass is 10.1. The summed E-state index contributed by atoms with van der Waals surface area (Å²) >= 11 is 0. The van der Waals surface area contributed by atoms with Crippen LogP contribution < -0.4 is 15.8 Å². The van der Waals surface area contributed by atoms with Crippen LogP contribution in [-0.4, -0.2) is 12.5 Å². The molecule has 144 valence electrons. The highest BCUT2D eigenvalue weighted by Gasteiger charge is 2.02. The van der Waals surface area contributed by atoms with Gasteiger partial charge in [-0.15, -0.1) is 0 Å². The quantitative estimate of drug-likeness (QED) is 0.556. The highest BCUT2D eigenvalue weighted by Crippen LogP contribution is 2.15. The molecule has 5 heteroatoms. The van der Waals surface area contributed by atoms with E-state index >= 15 is 0 Å². The van der Waals surface area contributed by atoms with Gasteiger partial charge in [0, 0.05) is 12.1 Å². The Labute approximate surface area is 164 Å². The number of nitrogens with one attached hydrogen (secondary N) is 1. The lowest BCUT2D eigenvalue weighted by Crippen LogP contribution is -2.16. The number of carbonyl (C=O) groups excluding carboxylic acids is 1. The number of carbonyl (C=O) groups is 1. The number of primary amides is 1. The largest absolute Gasteiger partial charge is 0.489 e. The van der Waals surface area contributed by atoms with Crippen LogP contribution >= 0.6 is 0 Å². The summed E-state index contributed by atoms with van der Waals surface area (Å²) in [6, 6.07) is 21.6. The van der Waals surface area contributed by atoms with Crippen LogP contribution in [0.3, 0.4) is 0 Å². The van der Waals surface area contributed by atoms with Gasteiger partial charge in [-0.2, -0.15) is 0 Å². The Morgan fingerprint density at radius 1 is 0.929 bits per heavy atom. The molecule has 0 aromatic heterocycles. The van der Waals surface area contributed by atoms with Crippen molar-refractivity contribution in [1.29, 1.82) is 0 Å². The number of hydrogen-bond acceptors (Lipinski definition) is 3. The first-order valence-corrected chi connectivity index (χ1v) is 9.16. The van der Waals surface area contributed by atoms with E-state index in [-0.39, 0.29) is 5.82 Å². The zero-order chi connectivity index (χ0) is 19.8. The van der Waals surface area contributed by atoms with Crippen LogP contribution in [0.15, 0.2) is 72.8 Å². The summed E-state index contributed by atoms with van der Waals surface area (Å²) in [4.78, 5) is 11.2. The van der Waals surface area contributed by atoms with Crippen molar-refractivity contribution in [2.45, 2.75) is 19.6 Å². The molecule has 0 fully saturated rings. The second-order valence-electron chi connectivity index (χ2n) is 6.55. The van der Waals surface area contributed by atoms with E-state index in [1.54, 1.807) is 18.2 Å². The van der Waals surface area contributed by atoms with Crippen LogP contribution in [-0.2, 0) is 19.6 Å². The summed E-state index contributed by atoms with van der Waals surface area (Å²) in [7, 11) is 0. The van der Waals surface area contributed by atoms with Crippen molar-refractivity contribution in [2.24, 2.45) is 5.73 Å². The Balaban J connectivity index is 1.42. The first-order chi connectivity index (χ1) is 13.6. The maximum Gasteiger partial charge on any atom is 0.248 e. The average Bonchev–Trinajstić information content (AvgIpc) is 2.72. The minimum atomic E-state index is -0.446. The number of ether oxygens (including phenoxy) is 1. The van der Waals surface area contributed by atoms with E-state index in [9.17, 15) is 9.18 Å². The topological polar surface area (TPSA) is 64.4 Å². The van der Waals surface area contributed by atoms with Gasteiger partial charge >= 0.3 is 0 Å². The highest BCUT2D eigenvalue weighted by molar-refractivity contribution is 5.92. The lowest BCUT2D eigenvalue weighted by Gasteiger charge is -2.09. The summed E-state index contributed by atoms with van der Waals surface area (Å²) in [6.07, 6.45) is 0.853. The molecule has 0 bridgehead atoms. The molecule has 0 atom stereocenters. The molecule has 0 aliphatic heterocycles. The van der Waals surface area contributed by atoms with Crippen molar-refractivity contribution in [3.8, 4) is 5.75 Å². The van der Waals surface area contributed by atoms with Crippen LogP contribution in [0.5, 0.6) is 5.75 Å². The third-order valence-corrected chi connectivity index (χ3v) is 4.37. The summed E-state index contributed by atoms with van der Waals surface area (Å²) in [5.41, 5.74) is 8.93. The van der Waals surface area contributed by atoms with E-state index in [1.165, 1.54) is 12.1 Å². The molecule has 3 rings (SSSR count). The zero-order valence-electron chi connectivity index (χ0n) is 15.5. The molecule has 0 saturated heterocycles. The summed E-state index contributed by atoms with van der Waals surface area (Å²) in [5, 5.41) is 3.38. The van der Waals surface area contributed by atoms with Crippen molar-refractivity contribution >= 4 is 5.91 Å². The highest BCUT2D eigenvalue weighted by atomic mass is 19.1. The van der Waals surface area contributed by atoms with E-state index in [4.69, 9.17) is 10.5 Å². The second kappa shape index (κ2) is 9.67. The number of amides is 1. The molecule has 0 saturated carbocycles. The van der Waals surface area contributed by atoms with Gasteiger partial charge < -0.3 is 15.8 Å². The molecule has 4 nitrogen and oxygen atoms in total. The van der Waals surface area contributed by atoms with Gasteiger partial charge in [0.15, 0.2) is 0 Å². The van der Waals surface area contributed by atoms with Crippen molar-refractivity contribution in [1.82, 2.24) is 5.32 Å². The molecule has 0 aliphatic carbocycles.